The van der Waals surface area contributed by atoms with Crippen molar-refractivity contribution >= 4 is 47.2 Å². The number of nitrogens with zero attached hydrogens (tertiary/aromatic N) is 7. The molecule has 0 aliphatic carbocycles. The van der Waals surface area contributed by atoms with Crippen molar-refractivity contribution in [3.8, 4) is 5.82 Å². The molecule has 0 saturated carbocycles. The van der Waals surface area contributed by atoms with Gasteiger partial charge in [-0.05, 0) is 25.0 Å². The topological polar surface area (TPSA) is 231 Å². The van der Waals surface area contributed by atoms with Crippen molar-refractivity contribution in [2.45, 2.75) is 39.3 Å². The van der Waals surface area contributed by atoms with Gasteiger partial charge in [0, 0.05) is 69.2 Å². The Morgan fingerprint density at radius 1 is 0.930 bits per heavy atom. The Bertz CT molecular complexity index is 1890. The van der Waals surface area contributed by atoms with E-state index >= 15 is 0 Å². The highest BCUT2D eigenvalue weighted by atomic mass is 19.1. The number of rotatable bonds is 18. The molecule has 2 atom stereocenters. The second-order valence-electron chi connectivity index (χ2n) is 13.9. The number of nitrogen functional groups attached to an aromatic ring is 1. The van der Waals surface area contributed by atoms with Crippen LogP contribution in [0.1, 0.15) is 31.5 Å². The van der Waals surface area contributed by atoms with E-state index in [2.05, 4.69) is 47.3 Å². The molecule has 5 rings (SSSR count). The van der Waals surface area contributed by atoms with Gasteiger partial charge >= 0.3 is 0 Å². The molecule has 20 heteroatoms. The molecule has 0 bridgehead atoms. The molecule has 57 heavy (non-hydrogen) atoms. The van der Waals surface area contributed by atoms with Gasteiger partial charge in [-0.3, -0.25) is 24.1 Å². The first-order chi connectivity index (χ1) is 27.3. The summed E-state index contributed by atoms with van der Waals surface area (Å²) >= 11 is 0. The SMILES string of the molecule is CCC(C)C(NC(=O)CNC(=O)CN)C(=O)NCC(=O)NCOC1CN(c2cc(-n3ncc(/C=C/CN4CCN(c5cc(F)cc(F)c5)CC4)c3C)nc(N)n2)C1. The van der Waals surface area contributed by atoms with E-state index in [1.807, 2.05) is 29.7 Å². The maximum atomic E-state index is 13.7. The third-order valence-corrected chi connectivity index (χ3v) is 9.85. The van der Waals surface area contributed by atoms with Crippen molar-refractivity contribution in [2.75, 3.05) is 87.7 Å². The van der Waals surface area contributed by atoms with Crippen molar-refractivity contribution in [3.63, 3.8) is 0 Å². The molecule has 0 spiro atoms. The van der Waals surface area contributed by atoms with Crippen LogP contribution in [0.25, 0.3) is 11.9 Å². The fraction of sp³-hybridized carbons (Fsp3) is 0.486. The number of piperazine rings is 1. The van der Waals surface area contributed by atoms with Gasteiger partial charge in [0.1, 0.15) is 30.2 Å². The number of hydrogen-bond donors (Lipinski definition) is 6. The summed E-state index contributed by atoms with van der Waals surface area (Å²) in [4.78, 5) is 63.8. The van der Waals surface area contributed by atoms with Crippen molar-refractivity contribution in [3.05, 3.63) is 59.4 Å². The molecule has 4 amide bonds. The van der Waals surface area contributed by atoms with Gasteiger partial charge in [-0.2, -0.15) is 15.1 Å². The highest BCUT2D eigenvalue weighted by molar-refractivity contribution is 5.92. The zero-order valence-corrected chi connectivity index (χ0v) is 32.3. The molecule has 2 unspecified atom stereocenters. The second kappa shape index (κ2) is 19.9. The lowest BCUT2D eigenvalue weighted by Crippen LogP contribution is -2.55. The lowest BCUT2D eigenvalue weighted by Gasteiger charge is -2.39. The van der Waals surface area contributed by atoms with Gasteiger partial charge in [-0.25, -0.2) is 13.5 Å². The molecule has 308 valence electrons. The molecule has 8 N–H and O–H groups in total. The van der Waals surface area contributed by atoms with E-state index in [0.29, 0.717) is 56.5 Å². The van der Waals surface area contributed by atoms with Crippen LogP contribution >= 0.6 is 0 Å². The van der Waals surface area contributed by atoms with Crippen LogP contribution < -0.4 is 42.5 Å². The zero-order valence-electron chi connectivity index (χ0n) is 32.3. The molecule has 4 heterocycles. The molecule has 2 saturated heterocycles. The molecule has 2 aromatic heterocycles. The maximum Gasteiger partial charge on any atom is 0.243 e. The highest BCUT2D eigenvalue weighted by Crippen LogP contribution is 2.25. The number of amides is 4. The van der Waals surface area contributed by atoms with Crippen LogP contribution in [0, 0.1) is 24.5 Å². The number of nitrogens with one attached hydrogen (secondary N) is 4. The number of benzene rings is 1. The first kappa shape index (κ1) is 42.4. The van der Waals surface area contributed by atoms with Crippen LogP contribution in [-0.4, -0.2) is 133 Å². The average molecular weight is 796 g/mol. The van der Waals surface area contributed by atoms with Gasteiger partial charge in [0.2, 0.25) is 29.6 Å². The number of carbonyl (C=O) groups excluding carboxylic acids is 4. The number of carbonyl (C=O) groups is 4. The largest absolute Gasteiger partial charge is 0.369 e. The second-order valence-corrected chi connectivity index (χ2v) is 13.9. The summed E-state index contributed by atoms with van der Waals surface area (Å²) in [6, 6.07) is 4.49. The van der Waals surface area contributed by atoms with Crippen LogP contribution in [0.15, 0.2) is 36.5 Å². The normalized spacial score (nSPS) is 15.9. The number of ether oxygens (including phenoxy) is 1. The summed E-state index contributed by atoms with van der Waals surface area (Å²) in [5.74, 6) is -2.25. The van der Waals surface area contributed by atoms with E-state index < -0.39 is 41.3 Å². The van der Waals surface area contributed by atoms with E-state index in [0.717, 1.165) is 30.4 Å². The Hall–Kier alpha value is -5.73. The predicted molar refractivity (Wildman–Crippen MR) is 209 cm³/mol. The minimum Gasteiger partial charge on any atom is -0.369 e. The highest BCUT2D eigenvalue weighted by Gasteiger charge is 2.30. The summed E-state index contributed by atoms with van der Waals surface area (Å²) in [7, 11) is 0. The van der Waals surface area contributed by atoms with Gasteiger partial charge in [0.25, 0.3) is 0 Å². The molecule has 0 radical (unpaired) electrons. The molecule has 3 aromatic rings. The smallest absolute Gasteiger partial charge is 0.243 e. The van der Waals surface area contributed by atoms with E-state index in [4.69, 9.17) is 16.2 Å². The van der Waals surface area contributed by atoms with Gasteiger partial charge < -0.3 is 47.3 Å². The van der Waals surface area contributed by atoms with E-state index in [1.54, 1.807) is 23.9 Å². The minimum absolute atomic E-state index is 0.0775. The minimum atomic E-state index is -0.898. The van der Waals surface area contributed by atoms with E-state index in [1.165, 1.54) is 12.1 Å². The monoisotopic (exact) mass is 795 g/mol. The molecular formula is C37H51F2N13O5. The lowest BCUT2D eigenvalue weighted by atomic mass is 9.98. The van der Waals surface area contributed by atoms with Crippen molar-refractivity contribution in [1.29, 1.82) is 0 Å². The van der Waals surface area contributed by atoms with Crippen LogP contribution in [0.5, 0.6) is 0 Å². The first-order valence-electron chi connectivity index (χ1n) is 18.8. The maximum absolute atomic E-state index is 13.7. The number of anilines is 3. The van der Waals surface area contributed by atoms with E-state index in [9.17, 15) is 28.0 Å². The summed E-state index contributed by atoms with van der Waals surface area (Å²) in [6.07, 6.45) is 6.21. The fourth-order valence-corrected chi connectivity index (χ4v) is 6.25. The van der Waals surface area contributed by atoms with Gasteiger partial charge in [0.05, 0.1) is 37.6 Å². The quantitative estimate of drug-likeness (QED) is 0.0908. The Balaban J connectivity index is 1.03. The van der Waals surface area contributed by atoms with Crippen molar-refractivity contribution < 1.29 is 32.7 Å². The molecule has 18 nitrogen and oxygen atoms in total. The molecule has 1 aromatic carbocycles. The van der Waals surface area contributed by atoms with Crippen LogP contribution in [0.4, 0.5) is 26.2 Å². The van der Waals surface area contributed by atoms with Crippen molar-refractivity contribution in [2.24, 2.45) is 11.7 Å². The Labute approximate surface area is 329 Å². The summed E-state index contributed by atoms with van der Waals surface area (Å²) in [5, 5.41) is 14.6. The molecule has 2 aliphatic rings. The molecular weight excluding hydrogens is 744 g/mol. The molecule has 2 fully saturated rings. The summed E-state index contributed by atoms with van der Waals surface area (Å²) in [6.45, 7) is 9.14. The summed E-state index contributed by atoms with van der Waals surface area (Å²) < 4.78 is 34.8. The zero-order chi connectivity index (χ0) is 41.1. The number of aromatic nitrogens is 4. The Kier molecular flexibility index (Phi) is 14.8. The first-order valence-corrected chi connectivity index (χ1v) is 18.8. The van der Waals surface area contributed by atoms with Gasteiger partial charge in [-0.15, -0.1) is 0 Å². The summed E-state index contributed by atoms with van der Waals surface area (Å²) in [5.41, 5.74) is 13.6. The average Bonchev–Trinajstić information content (AvgIpc) is 3.54. The number of hydrogen-bond acceptors (Lipinski definition) is 13. The Morgan fingerprint density at radius 3 is 2.30 bits per heavy atom. The number of halogens is 2. The van der Waals surface area contributed by atoms with Crippen LogP contribution in [0.3, 0.4) is 0 Å². The van der Waals surface area contributed by atoms with Gasteiger partial charge in [-0.1, -0.05) is 32.4 Å². The fourth-order valence-electron chi connectivity index (χ4n) is 6.25. The third-order valence-electron chi connectivity index (χ3n) is 9.85. The Morgan fingerprint density at radius 2 is 1.61 bits per heavy atom. The van der Waals surface area contributed by atoms with Gasteiger partial charge in [0.15, 0.2) is 5.82 Å². The van der Waals surface area contributed by atoms with E-state index in [-0.39, 0.29) is 44.3 Å². The van der Waals surface area contributed by atoms with Crippen LogP contribution in [0.2, 0.25) is 0 Å². The standard InChI is InChI=1S/C37H51F2N13O5/c1-4-23(2)35(48-34(55)19-42-32(53)16-40)36(56)43-18-33(54)44-22-57-29-20-51(21-29)30-15-31(47-37(41)46-30)52-24(3)25(17-45-52)6-5-7-49-8-10-50(11-9-49)28-13-26(38)12-27(39)14-28/h5-6,12-15,17,23,29,35H,4,7-11,16,18-22,40H2,1-3H3,(H,42,53)(H,43,56)(H,44,54)(H,48,55)(H2,41,46,47)/b6-5+. The van der Waals surface area contributed by atoms with Crippen molar-refractivity contribution in [1.82, 2.24) is 45.9 Å². The predicted octanol–water partition coefficient (Wildman–Crippen LogP) is -0.333. The molecule has 2 aliphatic heterocycles. The lowest BCUT2D eigenvalue weighted by molar-refractivity contribution is -0.132. The number of nitrogens with two attached hydrogens (primary N) is 2. The van der Waals surface area contributed by atoms with Crippen LogP contribution in [-0.2, 0) is 23.9 Å². The third kappa shape index (κ3) is 11.9.